The first kappa shape index (κ1) is 68.2. The lowest BCUT2D eigenvalue weighted by atomic mass is 10.0. The highest BCUT2D eigenvalue weighted by atomic mass is 16.6. The van der Waals surface area contributed by atoms with Gasteiger partial charge in [-0.3, -0.25) is 14.4 Å². The van der Waals surface area contributed by atoms with Crippen LogP contribution in [0.1, 0.15) is 361 Å². The van der Waals surface area contributed by atoms with Crippen LogP contribution in [0, 0.1) is 0 Å². The smallest absolute Gasteiger partial charge is 0.306 e. The van der Waals surface area contributed by atoms with E-state index in [1.54, 1.807) is 0 Å². The summed E-state index contributed by atoms with van der Waals surface area (Å²) in [5.41, 5.74) is 0. The molecule has 0 aromatic heterocycles. The standard InChI is InChI=1S/C64H122O6/c1-4-7-10-13-16-19-22-24-26-28-30-31-32-34-35-37-39-42-45-48-51-54-57-63(66)69-60-61(59-68-62(65)56-53-50-47-44-41-21-18-15-12-9-6-3)70-64(67)58-55-52-49-46-43-40-38-36-33-29-27-25-23-20-17-14-11-8-5-2/h25,27,61H,4-24,26,28-60H2,1-3H3/b27-25-. The molecule has 0 fully saturated rings. The molecular weight excluding hydrogens is 865 g/mol. The normalized spacial score (nSPS) is 12.0. The highest BCUT2D eigenvalue weighted by Gasteiger charge is 2.19. The number of allylic oxidation sites excluding steroid dienone is 2. The fourth-order valence-corrected chi connectivity index (χ4v) is 9.74. The summed E-state index contributed by atoms with van der Waals surface area (Å²) in [6.07, 6.45) is 69.3. The Morgan fingerprint density at radius 3 is 0.714 bits per heavy atom. The zero-order chi connectivity index (χ0) is 50.7. The van der Waals surface area contributed by atoms with Crippen molar-refractivity contribution >= 4 is 17.9 Å². The number of hydrogen-bond donors (Lipinski definition) is 0. The van der Waals surface area contributed by atoms with Crippen molar-refractivity contribution in [3.8, 4) is 0 Å². The van der Waals surface area contributed by atoms with Crippen molar-refractivity contribution in [3.63, 3.8) is 0 Å². The van der Waals surface area contributed by atoms with E-state index >= 15 is 0 Å². The lowest BCUT2D eigenvalue weighted by Gasteiger charge is -2.18. The van der Waals surface area contributed by atoms with Crippen LogP contribution in [0.5, 0.6) is 0 Å². The maximum atomic E-state index is 12.9. The third-order valence-corrected chi connectivity index (χ3v) is 14.5. The molecule has 0 saturated carbocycles. The van der Waals surface area contributed by atoms with Crippen molar-refractivity contribution in [1.29, 1.82) is 0 Å². The summed E-state index contributed by atoms with van der Waals surface area (Å²) in [5.74, 6) is -0.839. The van der Waals surface area contributed by atoms with Gasteiger partial charge in [-0.2, -0.15) is 0 Å². The third-order valence-electron chi connectivity index (χ3n) is 14.5. The van der Waals surface area contributed by atoms with Gasteiger partial charge in [0.15, 0.2) is 6.10 Å². The maximum absolute atomic E-state index is 12.9. The molecule has 70 heavy (non-hydrogen) atoms. The Balaban J connectivity index is 4.22. The van der Waals surface area contributed by atoms with E-state index < -0.39 is 6.10 Å². The average molecular weight is 988 g/mol. The van der Waals surface area contributed by atoms with Crippen LogP contribution >= 0.6 is 0 Å². The van der Waals surface area contributed by atoms with Gasteiger partial charge >= 0.3 is 17.9 Å². The molecule has 0 rings (SSSR count). The Bertz CT molecular complexity index is 1090. The van der Waals surface area contributed by atoms with Crippen LogP contribution in [-0.2, 0) is 28.6 Å². The third kappa shape index (κ3) is 57.1. The van der Waals surface area contributed by atoms with Gasteiger partial charge in [0.25, 0.3) is 0 Å². The second-order valence-corrected chi connectivity index (χ2v) is 21.7. The molecule has 0 heterocycles. The molecule has 0 spiro atoms. The SMILES string of the molecule is CCCCCCCC/C=C\CCCCCCCCCCCC(=O)OC(COC(=O)CCCCCCCCCCCCC)COC(=O)CCCCCCCCCCCCCCCCCCCCCCCC. The molecule has 1 unspecified atom stereocenters. The van der Waals surface area contributed by atoms with Crippen LogP contribution in [-0.4, -0.2) is 37.2 Å². The van der Waals surface area contributed by atoms with E-state index in [-0.39, 0.29) is 31.1 Å². The Labute approximate surface area is 437 Å². The first-order valence-corrected chi connectivity index (χ1v) is 31.7. The van der Waals surface area contributed by atoms with Crippen molar-refractivity contribution in [2.75, 3.05) is 13.2 Å². The van der Waals surface area contributed by atoms with Crippen LogP contribution in [0.15, 0.2) is 12.2 Å². The van der Waals surface area contributed by atoms with Crippen LogP contribution in [0.2, 0.25) is 0 Å². The van der Waals surface area contributed by atoms with E-state index in [4.69, 9.17) is 14.2 Å². The Morgan fingerprint density at radius 1 is 0.271 bits per heavy atom. The highest BCUT2D eigenvalue weighted by molar-refractivity contribution is 5.71. The minimum absolute atomic E-state index is 0.0644. The van der Waals surface area contributed by atoms with E-state index in [2.05, 4.69) is 32.9 Å². The predicted molar refractivity (Wildman–Crippen MR) is 303 cm³/mol. The number of carbonyl (C=O) groups excluding carboxylic acids is 3. The predicted octanol–water partition coefficient (Wildman–Crippen LogP) is 21.3. The molecule has 0 N–H and O–H groups in total. The monoisotopic (exact) mass is 987 g/mol. The summed E-state index contributed by atoms with van der Waals surface area (Å²) >= 11 is 0. The van der Waals surface area contributed by atoms with Crippen LogP contribution in [0.4, 0.5) is 0 Å². The van der Waals surface area contributed by atoms with Crippen LogP contribution in [0.25, 0.3) is 0 Å². The van der Waals surface area contributed by atoms with Crippen molar-refractivity contribution in [3.05, 3.63) is 12.2 Å². The minimum Gasteiger partial charge on any atom is -0.462 e. The number of unbranched alkanes of at least 4 members (excludes halogenated alkanes) is 46. The van der Waals surface area contributed by atoms with E-state index in [1.165, 1.54) is 263 Å². The summed E-state index contributed by atoms with van der Waals surface area (Å²) in [5, 5.41) is 0. The second-order valence-electron chi connectivity index (χ2n) is 21.7. The zero-order valence-electron chi connectivity index (χ0n) is 47.6. The number of carbonyl (C=O) groups is 3. The summed E-state index contributed by atoms with van der Waals surface area (Å²) in [4.78, 5) is 38.2. The molecule has 0 aliphatic rings. The van der Waals surface area contributed by atoms with Gasteiger partial charge < -0.3 is 14.2 Å². The van der Waals surface area contributed by atoms with E-state index in [1.807, 2.05) is 0 Å². The van der Waals surface area contributed by atoms with Gasteiger partial charge in [-0.15, -0.1) is 0 Å². The Hall–Kier alpha value is -1.85. The fourth-order valence-electron chi connectivity index (χ4n) is 9.74. The number of esters is 3. The topological polar surface area (TPSA) is 78.9 Å². The average Bonchev–Trinajstić information content (AvgIpc) is 3.36. The Kier molecular flexibility index (Phi) is 58.1. The van der Waals surface area contributed by atoms with E-state index in [0.29, 0.717) is 19.3 Å². The summed E-state index contributed by atoms with van der Waals surface area (Å²) in [6, 6.07) is 0. The van der Waals surface area contributed by atoms with E-state index in [9.17, 15) is 14.4 Å². The van der Waals surface area contributed by atoms with Crippen molar-refractivity contribution in [1.82, 2.24) is 0 Å². The molecule has 0 radical (unpaired) electrons. The summed E-state index contributed by atoms with van der Waals surface area (Å²) in [7, 11) is 0. The number of ether oxygens (including phenoxy) is 3. The molecule has 0 aromatic carbocycles. The van der Waals surface area contributed by atoms with Crippen molar-refractivity contribution < 1.29 is 28.6 Å². The quantitative estimate of drug-likeness (QED) is 0.0261. The number of rotatable bonds is 59. The summed E-state index contributed by atoms with van der Waals surface area (Å²) < 4.78 is 16.9. The van der Waals surface area contributed by atoms with Gasteiger partial charge in [-0.25, -0.2) is 0 Å². The maximum Gasteiger partial charge on any atom is 0.306 e. The largest absolute Gasteiger partial charge is 0.462 e. The molecular formula is C64H122O6. The summed E-state index contributed by atoms with van der Waals surface area (Å²) in [6.45, 7) is 6.70. The highest BCUT2D eigenvalue weighted by Crippen LogP contribution is 2.18. The molecule has 0 saturated heterocycles. The van der Waals surface area contributed by atoms with Gasteiger partial charge in [0, 0.05) is 19.3 Å². The molecule has 0 aliphatic heterocycles. The van der Waals surface area contributed by atoms with Crippen LogP contribution in [0.3, 0.4) is 0 Å². The molecule has 0 aromatic rings. The minimum atomic E-state index is -0.766. The van der Waals surface area contributed by atoms with Gasteiger partial charge in [-0.1, -0.05) is 309 Å². The van der Waals surface area contributed by atoms with Crippen LogP contribution < -0.4 is 0 Å². The van der Waals surface area contributed by atoms with Gasteiger partial charge in [0.2, 0.25) is 0 Å². The molecule has 0 amide bonds. The molecule has 0 bridgehead atoms. The van der Waals surface area contributed by atoms with Crippen molar-refractivity contribution in [2.24, 2.45) is 0 Å². The number of hydrogen-bond acceptors (Lipinski definition) is 6. The van der Waals surface area contributed by atoms with Gasteiger partial charge in [-0.05, 0) is 44.9 Å². The van der Waals surface area contributed by atoms with E-state index in [0.717, 1.165) is 57.8 Å². The fraction of sp³-hybridized carbons (Fsp3) is 0.922. The second kappa shape index (κ2) is 59.7. The first-order chi connectivity index (χ1) is 34.5. The molecule has 414 valence electrons. The molecule has 1 atom stereocenters. The molecule has 6 nitrogen and oxygen atoms in total. The molecule has 0 aliphatic carbocycles. The van der Waals surface area contributed by atoms with Gasteiger partial charge in [0.1, 0.15) is 13.2 Å². The lowest BCUT2D eigenvalue weighted by molar-refractivity contribution is -0.167. The van der Waals surface area contributed by atoms with Gasteiger partial charge in [0.05, 0.1) is 0 Å². The lowest BCUT2D eigenvalue weighted by Crippen LogP contribution is -2.30. The zero-order valence-corrected chi connectivity index (χ0v) is 47.6. The first-order valence-electron chi connectivity index (χ1n) is 31.7. The molecule has 6 heteroatoms. The van der Waals surface area contributed by atoms with Crippen molar-refractivity contribution in [2.45, 2.75) is 367 Å². The Morgan fingerprint density at radius 2 is 0.471 bits per heavy atom.